The molecule has 8 nitrogen and oxygen atoms in total. The van der Waals surface area contributed by atoms with E-state index in [0.717, 1.165) is 11.1 Å². The molecule has 0 aliphatic heterocycles. The minimum atomic E-state index is -0.708. The Morgan fingerprint density at radius 3 is 1.00 bits per heavy atom. The summed E-state index contributed by atoms with van der Waals surface area (Å²) in [5.41, 5.74) is 0.602. The average molecular weight is 581 g/mol. The SMILES string of the molecule is CC(C)(C)OOC(C)(C)c1ccccc1C(C)(C)OOC(C)(C)C.O=C(OOC(=O)c1ccccc1)c1ccccc1. The Kier molecular flexibility index (Phi) is 12.0. The van der Waals surface area contributed by atoms with Crippen LogP contribution in [0.15, 0.2) is 84.9 Å². The second-order valence-electron chi connectivity index (χ2n) is 12.6. The second-order valence-corrected chi connectivity index (χ2v) is 12.6. The first kappa shape index (κ1) is 34.6. The first-order valence-corrected chi connectivity index (χ1v) is 13.8. The van der Waals surface area contributed by atoms with Crippen molar-refractivity contribution in [2.75, 3.05) is 0 Å². The van der Waals surface area contributed by atoms with E-state index < -0.39 is 23.1 Å². The molecule has 0 atom stereocenters. The van der Waals surface area contributed by atoms with E-state index in [4.69, 9.17) is 19.6 Å². The first-order valence-electron chi connectivity index (χ1n) is 13.8. The normalized spacial score (nSPS) is 12.1. The van der Waals surface area contributed by atoms with Crippen molar-refractivity contribution in [2.24, 2.45) is 0 Å². The lowest BCUT2D eigenvalue weighted by molar-refractivity contribution is -0.407. The fraction of sp³-hybridized carbons (Fsp3) is 0.412. The van der Waals surface area contributed by atoms with Crippen molar-refractivity contribution >= 4 is 11.9 Å². The fourth-order valence-corrected chi connectivity index (χ4v) is 3.40. The van der Waals surface area contributed by atoms with Crippen LogP contribution in [0.1, 0.15) is 101 Å². The smallest absolute Gasteiger partial charge is 0.242 e. The van der Waals surface area contributed by atoms with Crippen molar-refractivity contribution in [3.63, 3.8) is 0 Å². The van der Waals surface area contributed by atoms with Gasteiger partial charge in [-0.2, -0.15) is 0 Å². The molecule has 0 spiro atoms. The Morgan fingerprint density at radius 2 is 0.714 bits per heavy atom. The third kappa shape index (κ3) is 11.7. The van der Waals surface area contributed by atoms with Crippen LogP contribution < -0.4 is 0 Å². The zero-order chi connectivity index (χ0) is 31.6. The van der Waals surface area contributed by atoms with Crippen molar-refractivity contribution in [1.29, 1.82) is 0 Å². The molecule has 0 aliphatic carbocycles. The van der Waals surface area contributed by atoms with Gasteiger partial charge in [0.2, 0.25) is 0 Å². The van der Waals surface area contributed by atoms with E-state index in [1.807, 2.05) is 93.5 Å². The predicted molar refractivity (Wildman–Crippen MR) is 160 cm³/mol. The van der Waals surface area contributed by atoms with Gasteiger partial charge in [-0.1, -0.05) is 60.7 Å². The van der Waals surface area contributed by atoms with E-state index in [9.17, 15) is 9.59 Å². The highest BCUT2D eigenvalue weighted by atomic mass is 17.2. The Labute approximate surface area is 249 Å². The molecule has 0 fully saturated rings. The third-order valence-corrected chi connectivity index (χ3v) is 5.44. The molecule has 0 saturated heterocycles. The molecule has 42 heavy (non-hydrogen) atoms. The van der Waals surface area contributed by atoms with Crippen molar-refractivity contribution < 1.29 is 38.9 Å². The average Bonchev–Trinajstić information content (AvgIpc) is 2.94. The molecule has 0 saturated carbocycles. The highest BCUT2D eigenvalue weighted by Crippen LogP contribution is 2.37. The van der Waals surface area contributed by atoms with Crippen LogP contribution >= 0.6 is 0 Å². The molecule has 0 bridgehead atoms. The summed E-state index contributed by atoms with van der Waals surface area (Å²) < 4.78 is 0. The van der Waals surface area contributed by atoms with Gasteiger partial charge in [-0.05, 0) is 105 Å². The molecule has 0 N–H and O–H groups in total. The lowest BCUT2D eigenvalue weighted by Gasteiger charge is -2.35. The molecule has 3 rings (SSSR count). The van der Waals surface area contributed by atoms with E-state index in [0.29, 0.717) is 11.1 Å². The van der Waals surface area contributed by atoms with Gasteiger partial charge >= 0.3 is 11.9 Å². The summed E-state index contributed by atoms with van der Waals surface area (Å²) in [6.45, 7) is 19.7. The highest BCUT2D eigenvalue weighted by molar-refractivity contribution is 5.92. The predicted octanol–water partition coefficient (Wildman–Crippen LogP) is 8.27. The van der Waals surface area contributed by atoms with Gasteiger partial charge in [-0.25, -0.2) is 38.9 Å². The number of hydrogen-bond donors (Lipinski definition) is 0. The van der Waals surface area contributed by atoms with Crippen LogP contribution in [0.3, 0.4) is 0 Å². The van der Waals surface area contributed by atoms with E-state index in [-0.39, 0.29) is 11.2 Å². The maximum atomic E-state index is 11.5. The van der Waals surface area contributed by atoms with Crippen molar-refractivity contribution in [3.8, 4) is 0 Å². The van der Waals surface area contributed by atoms with Gasteiger partial charge in [-0.3, -0.25) is 0 Å². The van der Waals surface area contributed by atoms with Gasteiger partial charge in [0.25, 0.3) is 0 Å². The Bertz CT molecular complexity index is 1170. The molecule has 8 heteroatoms. The van der Waals surface area contributed by atoms with Gasteiger partial charge in [0.15, 0.2) is 0 Å². The summed E-state index contributed by atoms with van der Waals surface area (Å²) in [6.07, 6.45) is 0. The Hall–Kier alpha value is -3.56. The second kappa shape index (κ2) is 14.6. The number of rotatable bonds is 8. The van der Waals surface area contributed by atoms with Crippen LogP contribution in [0, 0.1) is 0 Å². The number of hydrogen-bond acceptors (Lipinski definition) is 8. The molecule has 3 aromatic carbocycles. The molecule has 0 aromatic heterocycles. The van der Waals surface area contributed by atoms with Crippen LogP contribution in [0.2, 0.25) is 0 Å². The van der Waals surface area contributed by atoms with Gasteiger partial charge in [-0.15, -0.1) is 0 Å². The van der Waals surface area contributed by atoms with Crippen molar-refractivity contribution in [2.45, 2.75) is 91.6 Å². The summed E-state index contributed by atoms with van der Waals surface area (Å²) in [5, 5.41) is 0. The summed E-state index contributed by atoms with van der Waals surface area (Å²) in [4.78, 5) is 54.5. The van der Waals surface area contributed by atoms with Gasteiger partial charge < -0.3 is 0 Å². The summed E-state index contributed by atoms with van der Waals surface area (Å²) in [7, 11) is 0. The monoisotopic (exact) mass is 580 g/mol. The van der Waals surface area contributed by atoms with Crippen LogP contribution in [-0.2, 0) is 40.5 Å². The van der Waals surface area contributed by atoms with Crippen molar-refractivity contribution in [3.05, 3.63) is 107 Å². The number of benzene rings is 3. The maximum absolute atomic E-state index is 11.5. The van der Waals surface area contributed by atoms with Gasteiger partial charge in [0, 0.05) is 0 Å². The summed E-state index contributed by atoms with van der Waals surface area (Å²) in [6, 6.07) is 24.6. The largest absolute Gasteiger partial charge is 0.386 e. The molecule has 0 radical (unpaired) electrons. The maximum Gasteiger partial charge on any atom is 0.386 e. The van der Waals surface area contributed by atoms with E-state index >= 15 is 0 Å². The van der Waals surface area contributed by atoms with Crippen LogP contribution in [-0.4, -0.2) is 23.1 Å². The van der Waals surface area contributed by atoms with Crippen LogP contribution in [0.5, 0.6) is 0 Å². The summed E-state index contributed by atoms with van der Waals surface area (Å²) in [5.74, 6) is -1.42. The number of carbonyl (C=O) groups excluding carboxylic acids is 2. The topological polar surface area (TPSA) is 89.5 Å². The molecular weight excluding hydrogens is 536 g/mol. The third-order valence-electron chi connectivity index (χ3n) is 5.44. The van der Waals surface area contributed by atoms with Crippen LogP contribution in [0.4, 0.5) is 0 Å². The molecule has 0 amide bonds. The highest BCUT2D eigenvalue weighted by Gasteiger charge is 2.35. The molecule has 0 aliphatic rings. The summed E-state index contributed by atoms with van der Waals surface area (Å²) >= 11 is 0. The lowest BCUT2D eigenvalue weighted by Crippen LogP contribution is -2.34. The minimum Gasteiger partial charge on any atom is -0.242 e. The zero-order valence-electron chi connectivity index (χ0n) is 26.3. The quantitative estimate of drug-likeness (QED) is 0.194. The molecular formula is C34H44O8. The molecule has 0 unspecified atom stereocenters. The zero-order valence-corrected chi connectivity index (χ0v) is 26.3. The Balaban J connectivity index is 0.000000305. The van der Waals surface area contributed by atoms with Crippen molar-refractivity contribution in [1.82, 2.24) is 0 Å². The number of carbonyl (C=O) groups is 2. The molecule has 228 valence electrons. The van der Waals surface area contributed by atoms with E-state index in [1.165, 1.54) is 0 Å². The standard InChI is InChI=1S/C20H34O4.C14H10O4/c1-17(2,3)21-23-19(7,8)15-13-11-12-14-16(15)20(9,10)24-22-18(4,5)6;15-13(11-7-3-1-4-8-11)17-18-14(16)12-9-5-2-6-10-12/h11-14H,1-10H3;1-10H. The van der Waals surface area contributed by atoms with E-state index in [1.54, 1.807) is 60.7 Å². The first-order chi connectivity index (χ1) is 19.4. The molecule has 3 aromatic rings. The Morgan fingerprint density at radius 1 is 0.429 bits per heavy atom. The lowest BCUT2D eigenvalue weighted by atomic mass is 9.85. The van der Waals surface area contributed by atoms with Gasteiger partial charge in [0.05, 0.1) is 22.3 Å². The van der Waals surface area contributed by atoms with Gasteiger partial charge in [0.1, 0.15) is 11.2 Å². The minimum absolute atomic E-state index is 0.318. The van der Waals surface area contributed by atoms with Crippen LogP contribution in [0.25, 0.3) is 0 Å². The molecule has 0 heterocycles. The fourth-order valence-electron chi connectivity index (χ4n) is 3.40. The van der Waals surface area contributed by atoms with E-state index in [2.05, 4.69) is 9.78 Å².